The van der Waals surface area contributed by atoms with E-state index in [0.717, 1.165) is 23.8 Å². The Labute approximate surface area is 128 Å². The zero-order valence-corrected chi connectivity index (χ0v) is 12.9. The number of halogens is 2. The third-order valence-electron chi connectivity index (χ3n) is 3.18. The molecule has 1 unspecified atom stereocenters. The Balaban J connectivity index is 1.84. The summed E-state index contributed by atoms with van der Waals surface area (Å²) in [5.41, 5.74) is 6.64. The van der Waals surface area contributed by atoms with Crippen LogP contribution in [0.4, 0.5) is 4.39 Å². The molecule has 0 saturated carbocycles. The molecule has 0 aliphatic carbocycles. The number of hydrogen-bond donors (Lipinski definition) is 1. The van der Waals surface area contributed by atoms with Crippen molar-refractivity contribution in [2.75, 3.05) is 13.6 Å². The Kier molecular flexibility index (Phi) is 5.54. The molecule has 0 radical (unpaired) electrons. The molecule has 2 aromatic rings. The molecule has 2 nitrogen and oxygen atoms in total. The predicted octanol–water partition coefficient (Wildman–Crippen LogP) is 4.06. The molecule has 0 aliphatic rings. The van der Waals surface area contributed by atoms with Crippen molar-refractivity contribution in [2.24, 2.45) is 5.73 Å². The molecule has 0 fully saturated rings. The summed E-state index contributed by atoms with van der Waals surface area (Å²) in [6.45, 7) is 1.65. The van der Waals surface area contributed by atoms with Gasteiger partial charge in [0.25, 0.3) is 0 Å². The highest BCUT2D eigenvalue weighted by Gasteiger charge is 2.12. The Bertz CT molecular complexity index is 558. The van der Waals surface area contributed by atoms with Gasteiger partial charge in [-0.2, -0.15) is 0 Å². The first kappa shape index (κ1) is 15.4. The normalized spacial score (nSPS) is 12.8. The van der Waals surface area contributed by atoms with Crippen LogP contribution in [0.1, 0.15) is 22.9 Å². The minimum Gasteiger partial charge on any atom is -0.324 e. The SMILES string of the molecule is CN(CCC(N)c1ccccc1F)Cc1ccc(Cl)s1. The Morgan fingerprint density at radius 2 is 2.05 bits per heavy atom. The Morgan fingerprint density at radius 3 is 2.70 bits per heavy atom. The number of rotatable bonds is 6. The highest BCUT2D eigenvalue weighted by molar-refractivity contribution is 7.16. The number of nitrogens with zero attached hydrogens (tertiary/aromatic N) is 1. The van der Waals surface area contributed by atoms with Gasteiger partial charge in [0.2, 0.25) is 0 Å². The zero-order valence-electron chi connectivity index (χ0n) is 11.4. The molecular weight excluding hydrogens is 295 g/mol. The van der Waals surface area contributed by atoms with Gasteiger partial charge in [-0.3, -0.25) is 0 Å². The van der Waals surface area contributed by atoms with Crippen LogP contribution in [0, 0.1) is 5.82 Å². The quantitative estimate of drug-likeness (QED) is 0.871. The van der Waals surface area contributed by atoms with E-state index in [9.17, 15) is 4.39 Å². The van der Waals surface area contributed by atoms with Crippen LogP contribution >= 0.6 is 22.9 Å². The fraction of sp³-hybridized carbons (Fsp3) is 0.333. The standard InChI is InChI=1S/C15H18ClFN2S/c1-19(10-11-6-7-15(16)20-11)9-8-14(18)12-4-2-3-5-13(12)17/h2-7,14H,8-10,18H2,1H3. The van der Waals surface area contributed by atoms with E-state index in [1.807, 2.05) is 25.2 Å². The molecule has 5 heteroatoms. The summed E-state index contributed by atoms with van der Waals surface area (Å²) in [4.78, 5) is 3.39. The van der Waals surface area contributed by atoms with Gasteiger partial charge < -0.3 is 10.6 Å². The topological polar surface area (TPSA) is 29.3 Å². The maximum atomic E-state index is 13.6. The van der Waals surface area contributed by atoms with E-state index in [4.69, 9.17) is 17.3 Å². The van der Waals surface area contributed by atoms with Crippen molar-refractivity contribution in [3.63, 3.8) is 0 Å². The van der Waals surface area contributed by atoms with E-state index in [1.54, 1.807) is 23.5 Å². The monoisotopic (exact) mass is 312 g/mol. The van der Waals surface area contributed by atoms with Gasteiger partial charge in [-0.15, -0.1) is 11.3 Å². The van der Waals surface area contributed by atoms with Crippen molar-refractivity contribution in [3.8, 4) is 0 Å². The van der Waals surface area contributed by atoms with E-state index in [-0.39, 0.29) is 11.9 Å². The molecular formula is C15H18ClFN2S. The molecule has 1 aromatic heterocycles. The van der Waals surface area contributed by atoms with Gasteiger partial charge in [-0.1, -0.05) is 29.8 Å². The van der Waals surface area contributed by atoms with E-state index < -0.39 is 0 Å². The number of thiophene rings is 1. The average Bonchev–Trinajstić information content (AvgIpc) is 2.82. The number of hydrogen-bond acceptors (Lipinski definition) is 3. The minimum absolute atomic E-state index is 0.229. The Morgan fingerprint density at radius 1 is 1.30 bits per heavy atom. The van der Waals surface area contributed by atoms with Crippen molar-refractivity contribution in [1.29, 1.82) is 0 Å². The summed E-state index contributed by atoms with van der Waals surface area (Å²) in [6, 6.07) is 10.4. The molecule has 108 valence electrons. The molecule has 20 heavy (non-hydrogen) atoms. The van der Waals surface area contributed by atoms with Crippen LogP contribution in [-0.2, 0) is 6.54 Å². The molecule has 0 spiro atoms. The van der Waals surface area contributed by atoms with Gasteiger partial charge in [-0.25, -0.2) is 4.39 Å². The Hall–Kier alpha value is -0.940. The minimum atomic E-state index is -0.273. The highest BCUT2D eigenvalue weighted by Crippen LogP contribution is 2.23. The van der Waals surface area contributed by atoms with E-state index >= 15 is 0 Å². The van der Waals surface area contributed by atoms with Gasteiger partial charge in [0, 0.05) is 29.6 Å². The van der Waals surface area contributed by atoms with Crippen LogP contribution in [0.25, 0.3) is 0 Å². The van der Waals surface area contributed by atoms with Crippen LogP contribution in [0.15, 0.2) is 36.4 Å². The fourth-order valence-corrected chi connectivity index (χ4v) is 3.24. The lowest BCUT2D eigenvalue weighted by atomic mass is 10.0. The second kappa shape index (κ2) is 7.18. The number of benzene rings is 1. The summed E-state index contributed by atoms with van der Waals surface area (Å²) in [7, 11) is 2.03. The maximum absolute atomic E-state index is 13.6. The first-order chi connectivity index (χ1) is 9.56. The lowest BCUT2D eigenvalue weighted by molar-refractivity contribution is 0.313. The molecule has 2 N–H and O–H groups in total. The van der Waals surface area contributed by atoms with Crippen molar-refractivity contribution in [1.82, 2.24) is 4.90 Å². The molecule has 1 aromatic carbocycles. The summed E-state index contributed by atoms with van der Waals surface area (Å²) >= 11 is 7.49. The highest BCUT2D eigenvalue weighted by atomic mass is 35.5. The van der Waals surface area contributed by atoms with Crippen LogP contribution in [0.2, 0.25) is 4.34 Å². The molecule has 1 heterocycles. The number of nitrogens with two attached hydrogens (primary N) is 1. The van der Waals surface area contributed by atoms with Crippen molar-refractivity contribution in [3.05, 3.63) is 57.0 Å². The molecule has 1 atom stereocenters. The van der Waals surface area contributed by atoms with Gasteiger partial charge in [-0.05, 0) is 31.7 Å². The summed E-state index contributed by atoms with van der Waals surface area (Å²) < 4.78 is 14.4. The molecule has 2 rings (SSSR count). The van der Waals surface area contributed by atoms with Crippen LogP contribution in [0.3, 0.4) is 0 Å². The van der Waals surface area contributed by atoms with Crippen molar-refractivity contribution >= 4 is 22.9 Å². The van der Waals surface area contributed by atoms with E-state index in [0.29, 0.717) is 5.56 Å². The predicted molar refractivity (Wildman–Crippen MR) is 83.6 cm³/mol. The second-order valence-electron chi connectivity index (χ2n) is 4.86. The summed E-state index contributed by atoms with van der Waals surface area (Å²) in [6.07, 6.45) is 0.719. The second-order valence-corrected chi connectivity index (χ2v) is 6.66. The first-order valence-electron chi connectivity index (χ1n) is 6.49. The fourth-order valence-electron chi connectivity index (χ4n) is 2.07. The third-order valence-corrected chi connectivity index (χ3v) is 4.40. The van der Waals surface area contributed by atoms with Crippen LogP contribution < -0.4 is 5.73 Å². The largest absolute Gasteiger partial charge is 0.324 e. The van der Waals surface area contributed by atoms with Crippen molar-refractivity contribution in [2.45, 2.75) is 19.0 Å². The smallest absolute Gasteiger partial charge is 0.127 e. The van der Waals surface area contributed by atoms with E-state index in [2.05, 4.69) is 4.90 Å². The van der Waals surface area contributed by atoms with Crippen LogP contribution in [0.5, 0.6) is 0 Å². The van der Waals surface area contributed by atoms with Gasteiger partial charge in [0.1, 0.15) is 5.82 Å². The molecule has 0 amide bonds. The average molecular weight is 313 g/mol. The zero-order chi connectivity index (χ0) is 14.5. The van der Waals surface area contributed by atoms with Gasteiger partial charge in [0.05, 0.1) is 4.34 Å². The maximum Gasteiger partial charge on any atom is 0.127 e. The van der Waals surface area contributed by atoms with Gasteiger partial charge >= 0.3 is 0 Å². The lowest BCUT2D eigenvalue weighted by Crippen LogP contribution is -2.23. The first-order valence-corrected chi connectivity index (χ1v) is 7.68. The summed E-state index contributed by atoms with van der Waals surface area (Å²) in [5, 5.41) is 0. The lowest BCUT2D eigenvalue weighted by Gasteiger charge is -2.19. The third kappa shape index (κ3) is 4.28. The molecule has 0 saturated heterocycles. The van der Waals surface area contributed by atoms with Crippen molar-refractivity contribution < 1.29 is 4.39 Å². The van der Waals surface area contributed by atoms with Crippen LogP contribution in [-0.4, -0.2) is 18.5 Å². The molecule has 0 aliphatic heterocycles. The molecule has 0 bridgehead atoms. The van der Waals surface area contributed by atoms with Gasteiger partial charge in [0.15, 0.2) is 0 Å². The van der Waals surface area contributed by atoms with E-state index in [1.165, 1.54) is 10.9 Å². The summed E-state index contributed by atoms with van der Waals surface area (Å²) in [5.74, 6) is -0.229.